The number of esters is 1. The molecule has 164 valence electrons. The molecule has 1 aromatic heterocycles. The minimum atomic E-state index is -0.497. The van der Waals surface area contributed by atoms with E-state index in [0.29, 0.717) is 42.2 Å². The Morgan fingerprint density at radius 3 is 2.38 bits per heavy atom. The number of benzene rings is 2. The summed E-state index contributed by atoms with van der Waals surface area (Å²) >= 11 is 0. The van der Waals surface area contributed by atoms with Gasteiger partial charge in [-0.3, -0.25) is 19.6 Å². The van der Waals surface area contributed by atoms with E-state index < -0.39 is 10.9 Å². The Morgan fingerprint density at radius 1 is 1.12 bits per heavy atom. The molecule has 32 heavy (non-hydrogen) atoms. The van der Waals surface area contributed by atoms with Gasteiger partial charge < -0.3 is 9.64 Å². The zero-order valence-corrected chi connectivity index (χ0v) is 17.8. The molecule has 0 unspecified atom stereocenters. The van der Waals surface area contributed by atoms with Crippen molar-refractivity contribution in [3.8, 4) is 5.75 Å². The third kappa shape index (κ3) is 4.22. The summed E-state index contributed by atoms with van der Waals surface area (Å²) in [6, 6.07) is 13.7. The number of carbonyl (C=O) groups is 2. The van der Waals surface area contributed by atoms with Gasteiger partial charge in [0.05, 0.1) is 17.0 Å². The summed E-state index contributed by atoms with van der Waals surface area (Å²) in [6.45, 7) is 4.33. The first-order valence-corrected chi connectivity index (χ1v) is 10.2. The molecule has 1 aliphatic heterocycles. The number of aryl methyl sites for hydroxylation is 1. The van der Waals surface area contributed by atoms with Crippen LogP contribution < -0.4 is 9.64 Å². The van der Waals surface area contributed by atoms with E-state index in [-0.39, 0.29) is 11.6 Å². The number of aromatic nitrogens is 2. The Labute approximate surface area is 184 Å². The van der Waals surface area contributed by atoms with Crippen molar-refractivity contribution < 1.29 is 19.2 Å². The summed E-state index contributed by atoms with van der Waals surface area (Å²) in [4.78, 5) is 36.8. The van der Waals surface area contributed by atoms with Gasteiger partial charge in [-0.25, -0.2) is 4.79 Å². The summed E-state index contributed by atoms with van der Waals surface area (Å²) in [6.07, 6.45) is 1.41. The first kappa shape index (κ1) is 21.2. The normalized spacial score (nSPS) is 13.4. The molecule has 0 N–H and O–H groups in total. The van der Waals surface area contributed by atoms with Crippen LogP contribution in [-0.4, -0.2) is 33.1 Å². The van der Waals surface area contributed by atoms with Crippen LogP contribution in [-0.2, 0) is 11.3 Å². The number of nitro groups is 1. The molecule has 0 spiro atoms. The van der Waals surface area contributed by atoms with Gasteiger partial charge in [-0.1, -0.05) is 12.1 Å². The molecule has 1 aliphatic rings. The van der Waals surface area contributed by atoms with Gasteiger partial charge in [0, 0.05) is 18.7 Å². The highest BCUT2D eigenvalue weighted by Crippen LogP contribution is 2.25. The Kier molecular flexibility index (Phi) is 5.72. The second-order valence-electron chi connectivity index (χ2n) is 7.66. The maximum Gasteiger partial charge on any atom is 0.343 e. The zero-order chi connectivity index (χ0) is 22.8. The topological polar surface area (TPSA) is 108 Å². The number of hydrogen-bond acceptors (Lipinski definition) is 6. The minimum absolute atomic E-state index is 0.0188. The highest BCUT2D eigenvalue weighted by atomic mass is 16.6. The van der Waals surface area contributed by atoms with Gasteiger partial charge in [-0.05, 0) is 62.2 Å². The van der Waals surface area contributed by atoms with Crippen LogP contribution in [0.3, 0.4) is 0 Å². The van der Waals surface area contributed by atoms with Crippen LogP contribution in [0.15, 0.2) is 48.5 Å². The van der Waals surface area contributed by atoms with E-state index in [1.54, 1.807) is 72.0 Å². The average molecular weight is 434 g/mol. The molecule has 0 aliphatic carbocycles. The van der Waals surface area contributed by atoms with Crippen molar-refractivity contribution in [1.82, 2.24) is 9.78 Å². The lowest BCUT2D eigenvalue weighted by Gasteiger charge is -2.15. The molecule has 3 aromatic rings. The summed E-state index contributed by atoms with van der Waals surface area (Å²) in [5, 5.41) is 15.4. The van der Waals surface area contributed by atoms with Crippen LogP contribution in [0.1, 0.15) is 40.2 Å². The van der Waals surface area contributed by atoms with E-state index in [1.807, 2.05) is 0 Å². The maximum atomic E-state index is 12.5. The van der Waals surface area contributed by atoms with Gasteiger partial charge in [0.2, 0.25) is 5.91 Å². The van der Waals surface area contributed by atoms with Crippen LogP contribution in [0, 0.1) is 24.0 Å². The van der Waals surface area contributed by atoms with E-state index in [1.165, 1.54) is 0 Å². The molecule has 1 saturated heterocycles. The number of rotatable bonds is 6. The molecule has 9 nitrogen and oxygen atoms in total. The van der Waals surface area contributed by atoms with Gasteiger partial charge in [0.25, 0.3) is 0 Å². The van der Waals surface area contributed by atoms with Crippen LogP contribution >= 0.6 is 0 Å². The van der Waals surface area contributed by atoms with Crippen molar-refractivity contribution in [2.24, 2.45) is 0 Å². The Balaban J connectivity index is 1.41. The second kappa shape index (κ2) is 8.62. The quantitative estimate of drug-likeness (QED) is 0.253. The van der Waals surface area contributed by atoms with E-state index in [2.05, 4.69) is 5.10 Å². The molecule has 1 amide bonds. The fraction of sp³-hybridized carbons (Fsp3) is 0.261. The first-order valence-electron chi connectivity index (χ1n) is 10.2. The van der Waals surface area contributed by atoms with Gasteiger partial charge in [0.1, 0.15) is 17.1 Å². The SMILES string of the molecule is Cc1nn(Cc2ccc(C(=O)Oc3ccc(N4CCCC4=O)cc3)cc2)c(C)c1[N+](=O)[O-]. The molecule has 2 heterocycles. The number of ether oxygens (including phenoxy) is 1. The summed E-state index contributed by atoms with van der Waals surface area (Å²) in [5.41, 5.74) is 2.89. The Hall–Kier alpha value is -4.01. The van der Waals surface area contributed by atoms with Crippen molar-refractivity contribution in [2.75, 3.05) is 11.4 Å². The number of nitrogens with zero attached hydrogens (tertiary/aromatic N) is 4. The molecular weight excluding hydrogens is 412 g/mol. The fourth-order valence-electron chi connectivity index (χ4n) is 3.81. The summed E-state index contributed by atoms with van der Waals surface area (Å²) in [7, 11) is 0. The lowest BCUT2D eigenvalue weighted by Crippen LogP contribution is -2.23. The molecular formula is C23H22N4O5. The largest absolute Gasteiger partial charge is 0.423 e. The molecule has 0 bridgehead atoms. The van der Waals surface area contributed by atoms with Crippen molar-refractivity contribution in [3.05, 3.63) is 81.2 Å². The van der Waals surface area contributed by atoms with Gasteiger partial charge in [-0.2, -0.15) is 5.10 Å². The average Bonchev–Trinajstić information content (AvgIpc) is 3.31. The Morgan fingerprint density at radius 2 is 1.81 bits per heavy atom. The lowest BCUT2D eigenvalue weighted by molar-refractivity contribution is -0.386. The van der Waals surface area contributed by atoms with Gasteiger partial charge >= 0.3 is 11.7 Å². The third-order valence-electron chi connectivity index (χ3n) is 5.48. The molecule has 0 saturated carbocycles. The molecule has 2 aromatic carbocycles. The van der Waals surface area contributed by atoms with E-state index in [0.717, 1.165) is 17.7 Å². The van der Waals surface area contributed by atoms with Gasteiger partial charge in [0.15, 0.2) is 0 Å². The van der Waals surface area contributed by atoms with Crippen molar-refractivity contribution in [1.29, 1.82) is 0 Å². The highest BCUT2D eigenvalue weighted by Gasteiger charge is 2.22. The standard InChI is InChI=1S/C23H22N4O5/c1-15-22(27(30)31)16(2)26(24-15)14-17-5-7-18(8-6-17)23(29)32-20-11-9-19(10-12-20)25-13-3-4-21(25)28/h5-12H,3-4,13-14H2,1-2H3. The molecule has 1 fully saturated rings. The van der Waals surface area contributed by atoms with Crippen molar-refractivity contribution in [2.45, 2.75) is 33.2 Å². The molecule has 0 radical (unpaired) electrons. The van der Waals surface area contributed by atoms with Crippen molar-refractivity contribution >= 4 is 23.3 Å². The smallest absolute Gasteiger partial charge is 0.343 e. The summed E-state index contributed by atoms with van der Waals surface area (Å²) in [5.74, 6) is -0.00219. The zero-order valence-electron chi connectivity index (χ0n) is 17.8. The monoisotopic (exact) mass is 434 g/mol. The van der Waals surface area contributed by atoms with Crippen LogP contribution in [0.25, 0.3) is 0 Å². The minimum Gasteiger partial charge on any atom is -0.423 e. The predicted octanol–water partition coefficient (Wildman–Crippen LogP) is 3.80. The second-order valence-corrected chi connectivity index (χ2v) is 7.66. The van der Waals surface area contributed by atoms with E-state index in [4.69, 9.17) is 4.74 Å². The van der Waals surface area contributed by atoms with Crippen LogP contribution in [0.5, 0.6) is 5.75 Å². The van der Waals surface area contributed by atoms with Crippen LogP contribution in [0.4, 0.5) is 11.4 Å². The first-order chi connectivity index (χ1) is 15.3. The number of hydrogen-bond donors (Lipinski definition) is 0. The van der Waals surface area contributed by atoms with Crippen LogP contribution in [0.2, 0.25) is 0 Å². The third-order valence-corrected chi connectivity index (χ3v) is 5.48. The molecule has 9 heteroatoms. The molecule has 0 atom stereocenters. The van der Waals surface area contributed by atoms with Crippen molar-refractivity contribution in [3.63, 3.8) is 0 Å². The maximum absolute atomic E-state index is 12.5. The van der Waals surface area contributed by atoms with Gasteiger partial charge in [-0.15, -0.1) is 0 Å². The number of anilines is 1. The number of amides is 1. The lowest BCUT2D eigenvalue weighted by atomic mass is 10.1. The Bertz CT molecular complexity index is 1180. The molecule has 4 rings (SSSR count). The summed E-state index contributed by atoms with van der Waals surface area (Å²) < 4.78 is 7.01. The highest BCUT2D eigenvalue weighted by molar-refractivity contribution is 5.95. The fourth-order valence-corrected chi connectivity index (χ4v) is 3.81. The van der Waals surface area contributed by atoms with E-state index >= 15 is 0 Å². The van der Waals surface area contributed by atoms with E-state index in [9.17, 15) is 19.7 Å². The number of carbonyl (C=O) groups excluding carboxylic acids is 2. The predicted molar refractivity (Wildman–Crippen MR) is 117 cm³/mol.